The van der Waals surface area contributed by atoms with Crippen molar-refractivity contribution in [3.63, 3.8) is 0 Å². The molecule has 0 saturated carbocycles. The Morgan fingerprint density at radius 3 is 2.45 bits per heavy atom. The van der Waals surface area contributed by atoms with Gasteiger partial charge in [-0.25, -0.2) is 0 Å². The number of rotatable bonds is 4. The van der Waals surface area contributed by atoms with Crippen molar-refractivity contribution in [3.8, 4) is 0 Å². The number of hydrogen-bond acceptors (Lipinski definition) is 3. The molecule has 0 aliphatic heterocycles. The van der Waals surface area contributed by atoms with Gasteiger partial charge in [0.1, 0.15) is 0 Å². The summed E-state index contributed by atoms with van der Waals surface area (Å²) in [4.78, 5) is 10.4. The second-order valence-electron chi connectivity index (χ2n) is 5.04. The molecule has 0 aromatic heterocycles. The molecule has 104 valence electrons. The Morgan fingerprint density at radius 2 is 1.80 bits per heavy atom. The molecule has 0 spiro atoms. The summed E-state index contributed by atoms with van der Waals surface area (Å²) in [6, 6.07) is 11.2. The van der Waals surface area contributed by atoms with Gasteiger partial charge in [0.25, 0.3) is 5.69 Å². The lowest BCUT2D eigenvalue weighted by Gasteiger charge is -2.11. The summed E-state index contributed by atoms with van der Waals surface area (Å²) in [6.45, 7) is 6.74. The van der Waals surface area contributed by atoms with E-state index in [4.69, 9.17) is 0 Å². The molecule has 2 aromatic carbocycles. The molecule has 4 nitrogen and oxygen atoms in total. The van der Waals surface area contributed by atoms with Crippen molar-refractivity contribution in [1.29, 1.82) is 0 Å². The first-order chi connectivity index (χ1) is 9.47. The number of hydrogen-bond donors (Lipinski definition) is 1. The van der Waals surface area contributed by atoms with Crippen molar-refractivity contribution in [3.05, 3.63) is 68.8 Å². The zero-order chi connectivity index (χ0) is 14.7. The third-order valence-electron chi connectivity index (χ3n) is 3.40. The summed E-state index contributed by atoms with van der Waals surface area (Å²) in [6.07, 6.45) is 0. The first kappa shape index (κ1) is 14.1. The van der Waals surface area contributed by atoms with Crippen molar-refractivity contribution in [1.82, 2.24) is 0 Å². The van der Waals surface area contributed by atoms with Crippen molar-refractivity contribution in [2.75, 3.05) is 5.32 Å². The fraction of sp³-hybridized carbons (Fsp3) is 0.250. The first-order valence-corrected chi connectivity index (χ1v) is 6.52. The fourth-order valence-corrected chi connectivity index (χ4v) is 2.15. The number of aryl methyl sites for hydroxylation is 3. The lowest BCUT2D eigenvalue weighted by molar-refractivity contribution is -0.384. The molecule has 0 fully saturated rings. The van der Waals surface area contributed by atoms with Gasteiger partial charge in [-0.1, -0.05) is 29.8 Å². The minimum atomic E-state index is -0.373. The van der Waals surface area contributed by atoms with Gasteiger partial charge >= 0.3 is 0 Å². The third-order valence-corrected chi connectivity index (χ3v) is 3.40. The molecule has 20 heavy (non-hydrogen) atoms. The van der Waals surface area contributed by atoms with Gasteiger partial charge in [-0.05, 0) is 37.5 Å². The SMILES string of the molecule is Cc1ccc(CNc2cc([N+](=O)[O-])ccc2C)c(C)c1. The highest BCUT2D eigenvalue weighted by molar-refractivity contribution is 5.57. The summed E-state index contributed by atoms with van der Waals surface area (Å²) in [5.74, 6) is 0. The largest absolute Gasteiger partial charge is 0.381 e. The average molecular weight is 270 g/mol. The van der Waals surface area contributed by atoms with Gasteiger partial charge in [0.15, 0.2) is 0 Å². The average Bonchev–Trinajstić information content (AvgIpc) is 2.39. The lowest BCUT2D eigenvalue weighted by atomic mass is 10.1. The van der Waals surface area contributed by atoms with Gasteiger partial charge in [0, 0.05) is 24.4 Å². The minimum absolute atomic E-state index is 0.110. The summed E-state index contributed by atoms with van der Waals surface area (Å²) in [5, 5.41) is 14.1. The maximum Gasteiger partial charge on any atom is 0.271 e. The molecule has 0 unspecified atom stereocenters. The van der Waals surface area contributed by atoms with Crippen LogP contribution in [0.2, 0.25) is 0 Å². The maximum atomic E-state index is 10.8. The van der Waals surface area contributed by atoms with Crippen LogP contribution in [-0.2, 0) is 6.54 Å². The first-order valence-electron chi connectivity index (χ1n) is 6.52. The molecule has 0 aliphatic carbocycles. The van der Waals surface area contributed by atoms with E-state index in [1.54, 1.807) is 12.1 Å². The number of nitro groups is 1. The maximum absolute atomic E-state index is 10.8. The highest BCUT2D eigenvalue weighted by Gasteiger charge is 2.08. The molecule has 0 saturated heterocycles. The van der Waals surface area contributed by atoms with E-state index < -0.39 is 0 Å². The number of nitrogens with one attached hydrogen (secondary N) is 1. The zero-order valence-electron chi connectivity index (χ0n) is 11.9. The number of non-ortho nitro benzene ring substituents is 1. The van der Waals surface area contributed by atoms with E-state index in [0.717, 1.165) is 11.3 Å². The molecule has 0 radical (unpaired) electrons. The minimum Gasteiger partial charge on any atom is -0.381 e. The monoisotopic (exact) mass is 270 g/mol. The topological polar surface area (TPSA) is 55.2 Å². The van der Waals surface area contributed by atoms with E-state index in [2.05, 4.69) is 37.4 Å². The molecule has 2 aromatic rings. The van der Waals surface area contributed by atoms with Crippen LogP contribution < -0.4 is 5.32 Å². The molecular weight excluding hydrogens is 252 g/mol. The second-order valence-corrected chi connectivity index (χ2v) is 5.04. The predicted octanol–water partition coefficient (Wildman–Crippen LogP) is 4.13. The van der Waals surface area contributed by atoms with E-state index in [1.807, 2.05) is 6.92 Å². The summed E-state index contributed by atoms with van der Waals surface area (Å²) >= 11 is 0. The van der Waals surface area contributed by atoms with Crippen molar-refractivity contribution < 1.29 is 4.92 Å². The lowest BCUT2D eigenvalue weighted by Crippen LogP contribution is -2.03. The van der Waals surface area contributed by atoms with Crippen LogP contribution in [0.5, 0.6) is 0 Å². The highest BCUT2D eigenvalue weighted by atomic mass is 16.6. The van der Waals surface area contributed by atoms with Gasteiger partial charge in [-0.3, -0.25) is 10.1 Å². The van der Waals surface area contributed by atoms with E-state index in [-0.39, 0.29) is 10.6 Å². The molecule has 2 rings (SSSR count). The highest BCUT2D eigenvalue weighted by Crippen LogP contribution is 2.23. The number of nitro benzene ring substituents is 1. The Morgan fingerprint density at radius 1 is 1.05 bits per heavy atom. The van der Waals surface area contributed by atoms with E-state index >= 15 is 0 Å². The van der Waals surface area contributed by atoms with Gasteiger partial charge in [-0.2, -0.15) is 0 Å². The van der Waals surface area contributed by atoms with Crippen LogP contribution in [0.15, 0.2) is 36.4 Å². The van der Waals surface area contributed by atoms with Gasteiger partial charge < -0.3 is 5.32 Å². The van der Waals surface area contributed by atoms with Crippen LogP contribution >= 0.6 is 0 Å². The van der Waals surface area contributed by atoms with Crippen LogP contribution in [0.4, 0.5) is 11.4 Å². The summed E-state index contributed by atoms with van der Waals surface area (Å²) in [7, 11) is 0. The normalized spacial score (nSPS) is 10.3. The molecule has 0 aliphatic rings. The Bertz CT molecular complexity index is 651. The van der Waals surface area contributed by atoms with Gasteiger partial charge in [0.2, 0.25) is 0 Å². The van der Waals surface area contributed by atoms with Crippen LogP contribution in [0.3, 0.4) is 0 Å². The second kappa shape index (κ2) is 5.74. The third kappa shape index (κ3) is 3.15. The zero-order valence-corrected chi connectivity index (χ0v) is 11.9. The summed E-state index contributed by atoms with van der Waals surface area (Å²) < 4.78 is 0. The number of nitrogens with zero attached hydrogens (tertiary/aromatic N) is 1. The van der Waals surface area contributed by atoms with Crippen LogP contribution in [0, 0.1) is 30.9 Å². The van der Waals surface area contributed by atoms with Crippen LogP contribution in [0.1, 0.15) is 22.3 Å². The van der Waals surface area contributed by atoms with E-state index in [0.29, 0.717) is 6.54 Å². The summed E-state index contributed by atoms with van der Waals surface area (Å²) in [5.41, 5.74) is 5.57. The molecule has 0 amide bonds. The molecular formula is C16H18N2O2. The van der Waals surface area contributed by atoms with Crippen LogP contribution in [-0.4, -0.2) is 4.92 Å². The Kier molecular flexibility index (Phi) is 4.03. The Balaban J connectivity index is 2.18. The fourth-order valence-electron chi connectivity index (χ4n) is 2.15. The van der Waals surface area contributed by atoms with Crippen molar-refractivity contribution in [2.45, 2.75) is 27.3 Å². The quantitative estimate of drug-likeness (QED) is 0.671. The van der Waals surface area contributed by atoms with E-state index in [9.17, 15) is 10.1 Å². The predicted molar refractivity (Wildman–Crippen MR) is 81.1 cm³/mol. The number of anilines is 1. The van der Waals surface area contributed by atoms with Gasteiger partial charge in [0.05, 0.1) is 4.92 Å². The Hall–Kier alpha value is -2.36. The smallest absolute Gasteiger partial charge is 0.271 e. The van der Waals surface area contributed by atoms with Crippen LogP contribution in [0.25, 0.3) is 0 Å². The van der Waals surface area contributed by atoms with E-state index in [1.165, 1.54) is 22.8 Å². The Labute approximate surface area is 118 Å². The van der Waals surface area contributed by atoms with Crippen molar-refractivity contribution >= 4 is 11.4 Å². The molecule has 0 atom stereocenters. The number of benzene rings is 2. The van der Waals surface area contributed by atoms with Gasteiger partial charge in [-0.15, -0.1) is 0 Å². The molecule has 1 N–H and O–H groups in total. The molecule has 4 heteroatoms. The molecule has 0 heterocycles. The van der Waals surface area contributed by atoms with Crippen molar-refractivity contribution in [2.24, 2.45) is 0 Å². The molecule has 0 bridgehead atoms. The standard InChI is InChI=1S/C16H18N2O2/c1-11-4-6-14(13(3)8-11)10-17-16-9-15(18(19)20)7-5-12(16)2/h4-9,17H,10H2,1-3H3.